The van der Waals surface area contributed by atoms with Crippen LogP contribution >= 0.6 is 0 Å². The van der Waals surface area contributed by atoms with Crippen LogP contribution in [0, 0.1) is 23.2 Å². The number of ether oxygens (including phenoxy) is 6. The van der Waals surface area contributed by atoms with Gasteiger partial charge in [0.25, 0.3) is 0 Å². The maximum atomic E-state index is 13.8. The van der Waals surface area contributed by atoms with Gasteiger partial charge in [-0.1, -0.05) is 45.9 Å². The Morgan fingerprint density at radius 1 is 1.11 bits per heavy atom. The summed E-state index contributed by atoms with van der Waals surface area (Å²) in [7, 11) is 1.66. The van der Waals surface area contributed by atoms with Crippen LogP contribution < -0.4 is 0 Å². The van der Waals surface area contributed by atoms with E-state index in [1.54, 1.807) is 14.0 Å². The lowest BCUT2D eigenvalue weighted by atomic mass is 9.83. The highest BCUT2D eigenvalue weighted by atomic mass is 16.6. The lowest BCUT2D eigenvalue weighted by Gasteiger charge is -2.28. The van der Waals surface area contributed by atoms with E-state index in [-0.39, 0.29) is 25.0 Å². The summed E-state index contributed by atoms with van der Waals surface area (Å²) in [5.74, 6) is -1.85. The molecule has 0 radical (unpaired) electrons. The van der Waals surface area contributed by atoms with Crippen molar-refractivity contribution in [2.75, 3.05) is 33.5 Å². The number of cyclic esters (lactones) is 1. The predicted octanol–water partition coefficient (Wildman–Crippen LogP) is 5.35. The SMILES string of the molecule is COC/C=C/C(C)=C1\COC(CC(C)C)C1=CC1N=C2OC1COC(=O)[C@@H](CC(C)C)CC(=O)OC1C(OC(=O)C1(C)CO)/C(C)=C/Cc1ccc2[nH]1. The van der Waals surface area contributed by atoms with Gasteiger partial charge in [-0.3, -0.25) is 14.4 Å². The summed E-state index contributed by atoms with van der Waals surface area (Å²) in [6.45, 7) is 13.9. The summed E-state index contributed by atoms with van der Waals surface area (Å²) in [6, 6.07) is 3.32. The van der Waals surface area contributed by atoms with E-state index < -0.39 is 60.2 Å². The van der Waals surface area contributed by atoms with E-state index >= 15 is 0 Å². The van der Waals surface area contributed by atoms with Crippen LogP contribution in [0.15, 0.2) is 63.7 Å². The fourth-order valence-electron chi connectivity index (χ4n) is 7.22. The second-order valence-electron chi connectivity index (χ2n) is 15.7. The summed E-state index contributed by atoms with van der Waals surface area (Å²) >= 11 is 0. The molecular weight excluding hydrogens is 680 g/mol. The van der Waals surface area contributed by atoms with E-state index in [0.29, 0.717) is 49.1 Å². The second kappa shape index (κ2) is 17.4. The third kappa shape index (κ3) is 9.39. The first-order valence-electron chi connectivity index (χ1n) is 18.7. The molecule has 2 N–H and O–H groups in total. The number of aliphatic hydroxyl groups is 1. The van der Waals surface area contributed by atoms with Crippen LogP contribution in [-0.4, -0.2) is 97.9 Å². The van der Waals surface area contributed by atoms with Crippen molar-refractivity contribution in [2.24, 2.45) is 28.2 Å². The normalized spacial score (nSPS) is 32.5. The summed E-state index contributed by atoms with van der Waals surface area (Å²) in [6.07, 6.45) is 6.64. The van der Waals surface area contributed by atoms with Gasteiger partial charge in [-0.25, -0.2) is 4.99 Å². The fraction of sp³-hybridized carbons (Fsp3) is 0.610. The third-order valence-corrected chi connectivity index (χ3v) is 10.3. The Morgan fingerprint density at radius 3 is 2.57 bits per heavy atom. The fourth-order valence-corrected chi connectivity index (χ4v) is 7.22. The molecule has 5 heterocycles. The molecule has 2 fully saturated rings. The van der Waals surface area contributed by atoms with Crippen LogP contribution in [0.1, 0.15) is 79.1 Å². The van der Waals surface area contributed by atoms with Gasteiger partial charge in [0.15, 0.2) is 18.3 Å². The minimum Gasteiger partial charge on any atom is -0.467 e. The summed E-state index contributed by atoms with van der Waals surface area (Å²) in [4.78, 5) is 48.7. The number of H-pyrrole nitrogens is 1. The predicted molar refractivity (Wildman–Crippen MR) is 198 cm³/mol. The van der Waals surface area contributed by atoms with E-state index in [0.717, 1.165) is 28.8 Å². The molecule has 0 spiro atoms. The van der Waals surface area contributed by atoms with E-state index in [9.17, 15) is 19.5 Å². The smallest absolute Gasteiger partial charge is 0.318 e. The number of esters is 3. The molecule has 4 aliphatic heterocycles. The minimum absolute atomic E-state index is 0.0686. The average molecular weight is 737 g/mol. The van der Waals surface area contributed by atoms with Gasteiger partial charge < -0.3 is 38.5 Å². The number of aromatic nitrogens is 1. The molecule has 4 bridgehead atoms. The topological polar surface area (TPSA) is 155 Å². The quantitative estimate of drug-likeness (QED) is 0.193. The Balaban J connectivity index is 1.53. The number of rotatable bonds is 9. The van der Waals surface area contributed by atoms with Gasteiger partial charge in [-0.2, -0.15) is 0 Å². The van der Waals surface area contributed by atoms with Gasteiger partial charge in [0.05, 0.1) is 38.3 Å². The number of hydrogen-bond donors (Lipinski definition) is 2. The number of methoxy groups -OCH3 is 1. The van der Waals surface area contributed by atoms with E-state index in [1.165, 1.54) is 6.92 Å². The largest absolute Gasteiger partial charge is 0.467 e. The third-order valence-electron chi connectivity index (χ3n) is 10.3. The van der Waals surface area contributed by atoms with Crippen molar-refractivity contribution in [3.05, 3.63) is 70.1 Å². The first-order valence-corrected chi connectivity index (χ1v) is 18.7. The second-order valence-corrected chi connectivity index (χ2v) is 15.7. The van der Waals surface area contributed by atoms with E-state index in [2.05, 4.69) is 31.8 Å². The zero-order chi connectivity index (χ0) is 38.4. The molecule has 1 aromatic rings. The van der Waals surface area contributed by atoms with Gasteiger partial charge >= 0.3 is 17.9 Å². The molecule has 6 unspecified atom stereocenters. The number of fused-ring (bicyclic) bond motifs is 6. The average Bonchev–Trinajstić information content (AvgIpc) is 3.89. The van der Waals surface area contributed by atoms with Crippen molar-refractivity contribution in [1.82, 2.24) is 4.98 Å². The van der Waals surface area contributed by atoms with Crippen LogP contribution in [0.4, 0.5) is 0 Å². The molecule has 0 saturated carbocycles. The first-order chi connectivity index (χ1) is 25.2. The molecule has 12 nitrogen and oxygen atoms in total. The Labute approximate surface area is 312 Å². The molecule has 290 valence electrons. The number of nitrogens with zero attached hydrogens (tertiary/aromatic N) is 1. The molecule has 7 atom stereocenters. The molecule has 5 rings (SSSR count). The number of aromatic amines is 1. The van der Waals surface area contributed by atoms with Crippen LogP contribution in [0.5, 0.6) is 0 Å². The highest BCUT2D eigenvalue weighted by Gasteiger charge is 2.57. The maximum Gasteiger partial charge on any atom is 0.318 e. The van der Waals surface area contributed by atoms with Crippen molar-refractivity contribution in [3.8, 4) is 0 Å². The van der Waals surface area contributed by atoms with Crippen LogP contribution in [0.25, 0.3) is 0 Å². The molecule has 0 aromatic carbocycles. The minimum atomic E-state index is -1.46. The lowest BCUT2D eigenvalue weighted by Crippen LogP contribution is -2.43. The van der Waals surface area contributed by atoms with E-state index in [4.69, 9.17) is 33.4 Å². The Bertz CT molecular complexity index is 1670. The number of carbonyl (C=O) groups excluding carboxylic acids is 3. The van der Waals surface area contributed by atoms with Gasteiger partial charge in [0.2, 0.25) is 5.90 Å². The number of nitrogens with one attached hydrogen (secondary N) is 1. The molecule has 0 amide bonds. The van der Waals surface area contributed by atoms with Crippen LogP contribution in [-0.2, 0) is 49.2 Å². The standard InChI is InChI=1S/C41H56N2O10/c1-23(2)16-27-18-35(45)52-37-36(53-40(47)41(37,7)22-44)26(6)11-12-28-13-14-31(42-28)38-43-32(34(51-38)21-50-39(27)46)19-29-30(25(5)10-9-15-48-8)20-49-33(29)17-24(3)4/h9-11,13-14,19,23-24,27,32-34,36-37,42,44H,12,15-18,20-22H2,1-8H3/b10-9+,26-11+,29-19?,30-25+/t27-,32?,33?,34?,36?,37?,41?/m0/s1. The van der Waals surface area contributed by atoms with Crippen molar-refractivity contribution in [1.29, 1.82) is 0 Å². The molecule has 53 heavy (non-hydrogen) atoms. The molecule has 2 saturated heterocycles. The first kappa shape index (κ1) is 40.2. The number of allylic oxidation sites excluding steroid dienone is 3. The molecule has 12 heteroatoms. The van der Waals surface area contributed by atoms with Crippen LogP contribution in [0.3, 0.4) is 0 Å². The van der Waals surface area contributed by atoms with Crippen molar-refractivity contribution < 1.29 is 47.9 Å². The lowest BCUT2D eigenvalue weighted by molar-refractivity contribution is -0.164. The summed E-state index contributed by atoms with van der Waals surface area (Å²) in [5.41, 5.74) is 3.92. The zero-order valence-electron chi connectivity index (χ0n) is 32.3. The molecule has 1 aromatic heterocycles. The van der Waals surface area contributed by atoms with Crippen molar-refractivity contribution in [3.63, 3.8) is 0 Å². The summed E-state index contributed by atoms with van der Waals surface area (Å²) < 4.78 is 35.6. The van der Waals surface area contributed by atoms with Gasteiger partial charge in [-0.15, -0.1) is 0 Å². The summed E-state index contributed by atoms with van der Waals surface area (Å²) in [5, 5.41) is 10.3. The van der Waals surface area contributed by atoms with Crippen LogP contribution in [0.2, 0.25) is 0 Å². The van der Waals surface area contributed by atoms with Gasteiger partial charge in [0, 0.05) is 19.2 Å². The maximum absolute atomic E-state index is 13.8. The van der Waals surface area contributed by atoms with Crippen molar-refractivity contribution >= 4 is 23.8 Å². The number of aliphatic hydroxyl groups excluding tert-OH is 1. The zero-order valence-corrected chi connectivity index (χ0v) is 32.3. The molecule has 0 aliphatic carbocycles. The van der Waals surface area contributed by atoms with Crippen molar-refractivity contribution in [2.45, 2.75) is 105 Å². The molecular formula is C41H56N2O10. The Kier molecular flexibility index (Phi) is 13.2. The number of aliphatic imine (C=N–C) groups is 1. The monoisotopic (exact) mass is 736 g/mol. The van der Waals surface area contributed by atoms with Gasteiger partial charge in [-0.05, 0) is 85.9 Å². The van der Waals surface area contributed by atoms with Gasteiger partial charge in [0.1, 0.15) is 23.8 Å². The number of carbonyl (C=O) groups is 3. The highest BCUT2D eigenvalue weighted by Crippen LogP contribution is 2.40. The highest BCUT2D eigenvalue weighted by molar-refractivity contribution is 5.94. The molecule has 4 aliphatic rings. The Morgan fingerprint density at radius 2 is 1.87 bits per heavy atom. The Hall–Kier alpha value is -4.00. The number of hydrogen-bond acceptors (Lipinski definition) is 11. The van der Waals surface area contributed by atoms with E-state index in [1.807, 2.05) is 44.2 Å².